The lowest BCUT2D eigenvalue weighted by Gasteiger charge is -2.26. The van der Waals surface area contributed by atoms with Gasteiger partial charge in [0.15, 0.2) is 0 Å². The third-order valence-corrected chi connectivity index (χ3v) is 6.52. The molecule has 3 aromatic carbocycles. The predicted molar refractivity (Wildman–Crippen MR) is 106 cm³/mol. The maximum absolute atomic E-state index is 13.4. The molecule has 1 atom stereocenters. The van der Waals surface area contributed by atoms with Crippen LogP contribution in [0.1, 0.15) is 18.5 Å². The van der Waals surface area contributed by atoms with Crippen molar-refractivity contribution in [2.24, 2.45) is 0 Å². The van der Waals surface area contributed by atoms with Crippen LogP contribution in [0.2, 0.25) is 0 Å². The highest BCUT2D eigenvalue weighted by molar-refractivity contribution is 7.95. The molecule has 0 aliphatic carbocycles. The number of para-hydroxylation sites is 1. The van der Waals surface area contributed by atoms with Gasteiger partial charge >= 0.3 is 0 Å². The molecule has 0 spiro atoms. The van der Waals surface area contributed by atoms with Crippen LogP contribution in [-0.4, -0.2) is 8.42 Å². The standard InChI is InChI=1S/C22H19NO3S/c1-17-22(27(24,25)20-15-9-4-10-16-20)21(18-11-5-2-6-12-18)23(26-17)19-13-7-3-8-14-19/h2-16,21H,1H3. The van der Waals surface area contributed by atoms with E-state index >= 15 is 0 Å². The fourth-order valence-electron chi connectivity index (χ4n) is 3.31. The van der Waals surface area contributed by atoms with Crippen LogP contribution in [0.15, 0.2) is 107 Å². The van der Waals surface area contributed by atoms with Crippen LogP contribution in [0.4, 0.5) is 5.69 Å². The second-order valence-electron chi connectivity index (χ2n) is 6.30. The second-order valence-corrected chi connectivity index (χ2v) is 8.22. The lowest BCUT2D eigenvalue weighted by atomic mass is 10.1. The number of hydrogen-bond donors (Lipinski definition) is 0. The number of hydroxylamine groups is 1. The largest absolute Gasteiger partial charge is 0.382 e. The van der Waals surface area contributed by atoms with Gasteiger partial charge in [-0.25, -0.2) is 8.42 Å². The molecule has 0 saturated heterocycles. The molecule has 0 aromatic heterocycles. The van der Waals surface area contributed by atoms with Crippen LogP contribution in [0.5, 0.6) is 0 Å². The molecule has 0 amide bonds. The van der Waals surface area contributed by atoms with Crippen molar-refractivity contribution in [1.82, 2.24) is 0 Å². The number of nitrogens with zero attached hydrogens (tertiary/aromatic N) is 1. The molecule has 0 N–H and O–H groups in total. The molecule has 4 rings (SSSR count). The molecule has 0 bridgehead atoms. The summed E-state index contributed by atoms with van der Waals surface area (Å²) in [5.74, 6) is 0.386. The summed E-state index contributed by atoms with van der Waals surface area (Å²) in [5, 5.41) is 1.67. The Morgan fingerprint density at radius 2 is 1.30 bits per heavy atom. The van der Waals surface area contributed by atoms with Crippen molar-refractivity contribution in [3.05, 3.63) is 107 Å². The van der Waals surface area contributed by atoms with E-state index in [1.807, 2.05) is 60.7 Å². The van der Waals surface area contributed by atoms with E-state index in [1.54, 1.807) is 42.3 Å². The van der Waals surface area contributed by atoms with Gasteiger partial charge in [-0.2, -0.15) is 5.06 Å². The minimum atomic E-state index is -3.71. The van der Waals surface area contributed by atoms with Crippen LogP contribution in [-0.2, 0) is 14.7 Å². The van der Waals surface area contributed by atoms with Crippen molar-refractivity contribution < 1.29 is 13.3 Å². The molecule has 136 valence electrons. The van der Waals surface area contributed by atoms with Crippen LogP contribution in [0, 0.1) is 0 Å². The molecule has 1 unspecified atom stereocenters. The Morgan fingerprint density at radius 3 is 1.89 bits per heavy atom. The molecular weight excluding hydrogens is 358 g/mol. The lowest BCUT2D eigenvalue weighted by molar-refractivity contribution is 0.196. The van der Waals surface area contributed by atoms with Gasteiger partial charge in [-0.1, -0.05) is 66.7 Å². The fraction of sp³-hybridized carbons (Fsp3) is 0.0909. The Labute approximate surface area is 159 Å². The summed E-state index contributed by atoms with van der Waals surface area (Å²) < 4.78 is 26.9. The average molecular weight is 377 g/mol. The van der Waals surface area contributed by atoms with Crippen molar-refractivity contribution in [3.8, 4) is 0 Å². The monoisotopic (exact) mass is 377 g/mol. The Morgan fingerprint density at radius 1 is 0.778 bits per heavy atom. The van der Waals surface area contributed by atoms with Gasteiger partial charge in [0.2, 0.25) is 9.84 Å². The summed E-state index contributed by atoms with van der Waals surface area (Å²) in [6.45, 7) is 1.70. The predicted octanol–water partition coefficient (Wildman–Crippen LogP) is 4.88. The topological polar surface area (TPSA) is 46.6 Å². The first-order valence-electron chi connectivity index (χ1n) is 8.67. The van der Waals surface area contributed by atoms with E-state index < -0.39 is 15.9 Å². The van der Waals surface area contributed by atoms with E-state index in [2.05, 4.69) is 0 Å². The third kappa shape index (κ3) is 3.11. The van der Waals surface area contributed by atoms with E-state index in [-0.39, 0.29) is 9.80 Å². The molecule has 5 heteroatoms. The minimum absolute atomic E-state index is 0.263. The van der Waals surface area contributed by atoms with Crippen LogP contribution < -0.4 is 5.06 Å². The van der Waals surface area contributed by atoms with E-state index in [0.29, 0.717) is 5.76 Å². The van der Waals surface area contributed by atoms with E-state index in [4.69, 9.17) is 4.84 Å². The highest BCUT2D eigenvalue weighted by atomic mass is 32.2. The zero-order valence-electron chi connectivity index (χ0n) is 14.8. The first kappa shape index (κ1) is 17.4. The lowest BCUT2D eigenvalue weighted by Crippen LogP contribution is -2.25. The summed E-state index contributed by atoms with van der Waals surface area (Å²) in [4.78, 5) is 6.50. The van der Waals surface area contributed by atoms with Crippen LogP contribution >= 0.6 is 0 Å². The van der Waals surface area contributed by atoms with Crippen molar-refractivity contribution >= 4 is 15.5 Å². The first-order chi connectivity index (χ1) is 13.1. The molecule has 27 heavy (non-hydrogen) atoms. The van der Waals surface area contributed by atoms with E-state index in [1.165, 1.54) is 0 Å². The van der Waals surface area contributed by atoms with Gasteiger partial charge in [0.1, 0.15) is 16.7 Å². The fourth-order valence-corrected chi connectivity index (χ4v) is 5.02. The summed E-state index contributed by atoms with van der Waals surface area (Å²) >= 11 is 0. The molecule has 4 nitrogen and oxygen atoms in total. The molecule has 0 radical (unpaired) electrons. The van der Waals surface area contributed by atoms with Gasteiger partial charge in [-0.05, 0) is 36.8 Å². The normalized spacial score (nSPS) is 17.1. The molecule has 1 aliphatic heterocycles. The summed E-state index contributed by atoms with van der Waals surface area (Å²) in [5.41, 5.74) is 1.65. The summed E-state index contributed by atoms with van der Waals surface area (Å²) in [6, 6.07) is 27.0. The molecule has 3 aromatic rings. The molecule has 0 fully saturated rings. The molecular formula is C22H19NO3S. The summed E-state index contributed by atoms with van der Waals surface area (Å²) in [6.07, 6.45) is 0. The zero-order valence-corrected chi connectivity index (χ0v) is 15.6. The average Bonchev–Trinajstić information content (AvgIpc) is 3.08. The summed E-state index contributed by atoms with van der Waals surface area (Å²) in [7, 11) is -3.71. The van der Waals surface area contributed by atoms with Gasteiger partial charge in [-0.15, -0.1) is 0 Å². The number of benzene rings is 3. The maximum atomic E-state index is 13.4. The first-order valence-corrected chi connectivity index (χ1v) is 10.2. The zero-order chi connectivity index (χ0) is 18.9. The Kier molecular flexibility index (Phi) is 4.46. The van der Waals surface area contributed by atoms with Gasteiger partial charge in [-0.3, -0.25) is 0 Å². The van der Waals surface area contributed by atoms with Gasteiger partial charge < -0.3 is 4.84 Å². The Hall–Kier alpha value is -3.05. The smallest absolute Gasteiger partial charge is 0.208 e. The maximum Gasteiger partial charge on any atom is 0.208 e. The van der Waals surface area contributed by atoms with Crippen molar-refractivity contribution in [2.75, 3.05) is 5.06 Å². The highest BCUT2D eigenvalue weighted by Gasteiger charge is 2.42. The number of hydrogen-bond acceptors (Lipinski definition) is 4. The molecule has 0 saturated carbocycles. The quantitative estimate of drug-likeness (QED) is 0.650. The van der Waals surface area contributed by atoms with Gasteiger partial charge in [0.05, 0.1) is 10.6 Å². The highest BCUT2D eigenvalue weighted by Crippen LogP contribution is 2.45. The second kappa shape index (κ2) is 6.93. The van der Waals surface area contributed by atoms with Gasteiger partial charge in [0, 0.05) is 0 Å². The van der Waals surface area contributed by atoms with Gasteiger partial charge in [0.25, 0.3) is 0 Å². The van der Waals surface area contributed by atoms with Crippen molar-refractivity contribution in [2.45, 2.75) is 17.9 Å². The number of anilines is 1. The number of rotatable bonds is 4. The minimum Gasteiger partial charge on any atom is -0.382 e. The van der Waals surface area contributed by atoms with E-state index in [9.17, 15) is 8.42 Å². The van der Waals surface area contributed by atoms with Crippen LogP contribution in [0.3, 0.4) is 0 Å². The Bertz CT molecular complexity index is 1060. The molecule has 1 aliphatic rings. The van der Waals surface area contributed by atoms with Crippen LogP contribution in [0.25, 0.3) is 0 Å². The third-order valence-electron chi connectivity index (χ3n) is 4.53. The number of allylic oxidation sites excluding steroid dienone is 1. The van der Waals surface area contributed by atoms with Crippen molar-refractivity contribution in [3.63, 3.8) is 0 Å². The Balaban J connectivity index is 1.88. The molecule has 1 heterocycles. The number of sulfone groups is 1. The SMILES string of the molecule is CC1=C(S(=O)(=O)c2ccccc2)C(c2ccccc2)N(c2ccccc2)O1. The van der Waals surface area contributed by atoms with Crippen molar-refractivity contribution in [1.29, 1.82) is 0 Å². The van der Waals surface area contributed by atoms with E-state index in [0.717, 1.165) is 11.3 Å².